The monoisotopic (exact) mass is 341 g/mol. The largest absolute Gasteiger partial charge is 0.497 e. The standard InChI is InChI=1S/C18H19N3O4/c1-18(16(22)20-11-12-6-8-13(24-3)9-7-12)17(23)21(2)15-14(25-18)5-4-10-19-15/h4-10H,11H2,1-3H3,(H,20,22)/t18-/m1/s1. The number of ether oxygens (including phenoxy) is 2. The molecular formula is C18H19N3O4. The molecule has 1 aromatic heterocycles. The number of carbonyl (C=O) groups excluding carboxylic acids is 2. The van der Waals surface area contributed by atoms with Gasteiger partial charge in [0.05, 0.1) is 7.11 Å². The Morgan fingerprint density at radius 2 is 2.04 bits per heavy atom. The topological polar surface area (TPSA) is 80.8 Å². The normalized spacial score (nSPS) is 19.0. The first kappa shape index (κ1) is 16.8. The molecule has 2 heterocycles. The highest BCUT2D eigenvalue weighted by molar-refractivity contribution is 6.15. The first-order valence-electron chi connectivity index (χ1n) is 7.79. The minimum atomic E-state index is -1.64. The van der Waals surface area contributed by atoms with Crippen molar-refractivity contribution >= 4 is 17.6 Å². The van der Waals surface area contributed by atoms with Crippen LogP contribution in [0.1, 0.15) is 12.5 Å². The first-order valence-corrected chi connectivity index (χ1v) is 7.79. The number of pyridine rings is 1. The molecule has 1 aliphatic rings. The fourth-order valence-electron chi connectivity index (χ4n) is 2.63. The number of nitrogens with zero attached hydrogens (tertiary/aromatic N) is 2. The predicted molar refractivity (Wildman–Crippen MR) is 91.5 cm³/mol. The summed E-state index contributed by atoms with van der Waals surface area (Å²) in [6.07, 6.45) is 1.57. The molecule has 0 bridgehead atoms. The SMILES string of the molecule is COc1ccc(CNC(=O)[C@@]2(C)Oc3cccnc3N(C)C2=O)cc1. The molecular weight excluding hydrogens is 322 g/mol. The number of hydrogen-bond acceptors (Lipinski definition) is 5. The van der Waals surface area contributed by atoms with Crippen LogP contribution in [-0.4, -0.2) is 36.6 Å². The van der Waals surface area contributed by atoms with Gasteiger partial charge in [-0.2, -0.15) is 0 Å². The van der Waals surface area contributed by atoms with Crippen LogP contribution in [0.3, 0.4) is 0 Å². The van der Waals surface area contributed by atoms with Crippen LogP contribution in [0.4, 0.5) is 5.82 Å². The molecule has 1 aliphatic heterocycles. The van der Waals surface area contributed by atoms with Gasteiger partial charge in [-0.3, -0.25) is 14.5 Å². The zero-order valence-corrected chi connectivity index (χ0v) is 14.3. The maximum Gasteiger partial charge on any atom is 0.281 e. The second-order valence-corrected chi connectivity index (χ2v) is 5.86. The summed E-state index contributed by atoms with van der Waals surface area (Å²) in [5.41, 5.74) is -0.756. The van der Waals surface area contributed by atoms with E-state index in [2.05, 4.69) is 10.3 Å². The number of fused-ring (bicyclic) bond motifs is 1. The zero-order chi connectivity index (χ0) is 18.0. The van der Waals surface area contributed by atoms with E-state index in [1.54, 1.807) is 44.6 Å². The van der Waals surface area contributed by atoms with Crippen molar-refractivity contribution in [1.82, 2.24) is 10.3 Å². The Labute approximate surface area is 145 Å². The number of rotatable bonds is 4. The number of hydrogen-bond donors (Lipinski definition) is 1. The van der Waals surface area contributed by atoms with E-state index in [1.807, 2.05) is 12.1 Å². The molecule has 25 heavy (non-hydrogen) atoms. The van der Waals surface area contributed by atoms with E-state index in [-0.39, 0.29) is 6.54 Å². The van der Waals surface area contributed by atoms with Crippen LogP contribution >= 0.6 is 0 Å². The fourth-order valence-corrected chi connectivity index (χ4v) is 2.63. The molecule has 0 unspecified atom stereocenters. The van der Waals surface area contributed by atoms with Crippen LogP contribution < -0.4 is 19.7 Å². The Balaban J connectivity index is 1.75. The van der Waals surface area contributed by atoms with E-state index in [0.717, 1.165) is 11.3 Å². The molecule has 7 heteroatoms. The summed E-state index contributed by atoms with van der Waals surface area (Å²) >= 11 is 0. The van der Waals surface area contributed by atoms with Gasteiger partial charge >= 0.3 is 0 Å². The molecule has 1 aromatic carbocycles. The lowest BCUT2D eigenvalue weighted by Gasteiger charge is -2.36. The molecule has 0 fully saturated rings. The quantitative estimate of drug-likeness (QED) is 0.853. The second kappa shape index (κ2) is 6.43. The summed E-state index contributed by atoms with van der Waals surface area (Å²) in [6.45, 7) is 1.74. The van der Waals surface area contributed by atoms with Gasteiger partial charge in [-0.25, -0.2) is 4.98 Å². The average Bonchev–Trinajstić information content (AvgIpc) is 2.64. The predicted octanol–water partition coefficient (Wildman–Crippen LogP) is 1.52. The highest BCUT2D eigenvalue weighted by Crippen LogP contribution is 2.35. The number of nitrogens with one attached hydrogen (secondary N) is 1. The zero-order valence-electron chi connectivity index (χ0n) is 14.3. The van der Waals surface area contributed by atoms with Crippen molar-refractivity contribution in [3.63, 3.8) is 0 Å². The van der Waals surface area contributed by atoms with E-state index >= 15 is 0 Å². The van der Waals surface area contributed by atoms with Crippen molar-refractivity contribution in [2.24, 2.45) is 0 Å². The molecule has 1 atom stereocenters. The number of carbonyl (C=O) groups is 2. The van der Waals surface area contributed by atoms with E-state index in [1.165, 1.54) is 11.8 Å². The Bertz CT molecular complexity index is 806. The molecule has 0 radical (unpaired) electrons. The fraction of sp³-hybridized carbons (Fsp3) is 0.278. The molecule has 130 valence electrons. The molecule has 7 nitrogen and oxygen atoms in total. The Morgan fingerprint density at radius 1 is 1.32 bits per heavy atom. The first-order chi connectivity index (χ1) is 12.0. The molecule has 3 rings (SSSR count). The summed E-state index contributed by atoms with van der Waals surface area (Å²) in [5, 5.41) is 2.76. The minimum absolute atomic E-state index is 0.276. The summed E-state index contributed by atoms with van der Waals surface area (Å²) in [5.74, 6) is 0.554. The molecule has 1 N–H and O–H groups in total. The summed E-state index contributed by atoms with van der Waals surface area (Å²) in [4.78, 5) is 30.7. The van der Waals surface area contributed by atoms with Crippen LogP contribution in [0.25, 0.3) is 0 Å². The number of methoxy groups -OCH3 is 1. The third-order valence-corrected chi connectivity index (χ3v) is 4.14. The third kappa shape index (κ3) is 3.00. The third-order valence-electron chi connectivity index (χ3n) is 4.14. The number of amides is 2. The maximum absolute atomic E-state index is 12.7. The van der Waals surface area contributed by atoms with E-state index < -0.39 is 17.4 Å². The van der Waals surface area contributed by atoms with Crippen molar-refractivity contribution in [3.05, 3.63) is 48.2 Å². The highest BCUT2D eigenvalue weighted by Gasteiger charge is 2.50. The lowest BCUT2D eigenvalue weighted by Crippen LogP contribution is -2.61. The van der Waals surface area contributed by atoms with Crippen molar-refractivity contribution in [2.45, 2.75) is 19.1 Å². The Hall–Kier alpha value is -3.09. The van der Waals surface area contributed by atoms with Crippen molar-refractivity contribution in [2.75, 3.05) is 19.1 Å². The lowest BCUT2D eigenvalue weighted by atomic mass is 10.0. The molecule has 2 aromatic rings. The van der Waals surface area contributed by atoms with E-state index in [0.29, 0.717) is 11.6 Å². The second-order valence-electron chi connectivity index (χ2n) is 5.86. The number of benzene rings is 1. The number of likely N-dealkylation sites (N-methyl/N-ethyl adjacent to an activating group) is 1. The molecule has 2 amide bonds. The van der Waals surface area contributed by atoms with Gasteiger partial charge in [0.25, 0.3) is 17.4 Å². The summed E-state index contributed by atoms with van der Waals surface area (Å²) < 4.78 is 10.8. The van der Waals surface area contributed by atoms with Crippen LogP contribution in [-0.2, 0) is 16.1 Å². The van der Waals surface area contributed by atoms with Gasteiger partial charge in [0.15, 0.2) is 11.6 Å². The summed E-state index contributed by atoms with van der Waals surface area (Å²) in [6, 6.07) is 10.7. The van der Waals surface area contributed by atoms with Gasteiger partial charge in [-0.05, 0) is 36.8 Å². The van der Waals surface area contributed by atoms with E-state index in [4.69, 9.17) is 9.47 Å². The van der Waals surface area contributed by atoms with Crippen molar-refractivity contribution in [3.8, 4) is 11.5 Å². The Kier molecular flexibility index (Phi) is 4.31. The van der Waals surface area contributed by atoms with Gasteiger partial charge < -0.3 is 14.8 Å². The maximum atomic E-state index is 12.7. The Morgan fingerprint density at radius 3 is 2.72 bits per heavy atom. The van der Waals surface area contributed by atoms with Gasteiger partial charge in [0.2, 0.25) is 0 Å². The smallest absolute Gasteiger partial charge is 0.281 e. The van der Waals surface area contributed by atoms with Crippen molar-refractivity contribution in [1.29, 1.82) is 0 Å². The number of anilines is 1. The van der Waals surface area contributed by atoms with Gasteiger partial charge in [0.1, 0.15) is 5.75 Å². The molecule has 0 saturated heterocycles. The highest BCUT2D eigenvalue weighted by atomic mass is 16.5. The number of aromatic nitrogens is 1. The van der Waals surface area contributed by atoms with Gasteiger partial charge in [-0.15, -0.1) is 0 Å². The lowest BCUT2D eigenvalue weighted by molar-refractivity contribution is -0.148. The average molecular weight is 341 g/mol. The summed E-state index contributed by atoms with van der Waals surface area (Å²) in [7, 11) is 3.17. The van der Waals surface area contributed by atoms with Crippen molar-refractivity contribution < 1.29 is 19.1 Å². The van der Waals surface area contributed by atoms with Gasteiger partial charge in [-0.1, -0.05) is 12.1 Å². The molecule has 0 spiro atoms. The molecule has 0 aliphatic carbocycles. The van der Waals surface area contributed by atoms with Crippen LogP contribution in [0.2, 0.25) is 0 Å². The molecule has 0 saturated carbocycles. The minimum Gasteiger partial charge on any atom is -0.497 e. The van der Waals surface area contributed by atoms with Crippen LogP contribution in [0.15, 0.2) is 42.6 Å². The van der Waals surface area contributed by atoms with Crippen LogP contribution in [0, 0.1) is 0 Å². The van der Waals surface area contributed by atoms with E-state index in [9.17, 15) is 9.59 Å². The van der Waals surface area contributed by atoms with Gasteiger partial charge in [0, 0.05) is 19.8 Å². The van der Waals surface area contributed by atoms with Crippen LogP contribution in [0.5, 0.6) is 11.5 Å².